The number of benzene rings is 1. The van der Waals surface area contributed by atoms with Gasteiger partial charge in [-0.25, -0.2) is 4.68 Å². The Labute approximate surface area is 154 Å². The Morgan fingerprint density at radius 2 is 1.68 bits per heavy atom. The molecule has 0 spiro atoms. The van der Waals surface area contributed by atoms with Crippen LogP contribution in [-0.2, 0) is 12.5 Å². The average molecular weight is 401 g/mol. The smallest absolute Gasteiger partial charge is 0.406 e. The molecule has 0 aliphatic carbocycles. The van der Waals surface area contributed by atoms with E-state index in [-0.39, 0.29) is 0 Å². The number of pyridine rings is 1. The van der Waals surface area contributed by atoms with Gasteiger partial charge >= 0.3 is 12.3 Å². The predicted molar refractivity (Wildman–Crippen MR) is 84.1 cm³/mol. The number of hydrogen-bond donors (Lipinski definition) is 1. The third-order valence-corrected chi connectivity index (χ3v) is 3.70. The van der Waals surface area contributed by atoms with Gasteiger partial charge in [0.25, 0.3) is 0 Å². The van der Waals surface area contributed by atoms with Crippen molar-refractivity contribution in [2.24, 2.45) is 0 Å². The maximum Gasteiger partial charge on any atom is 0.573 e. The van der Waals surface area contributed by atoms with Gasteiger partial charge in [0.1, 0.15) is 23.9 Å². The van der Waals surface area contributed by atoms with Crippen molar-refractivity contribution in [2.45, 2.75) is 24.9 Å². The van der Waals surface area contributed by atoms with Crippen LogP contribution in [-0.4, -0.2) is 42.8 Å². The second-order valence-corrected chi connectivity index (χ2v) is 5.67. The molecule has 0 aliphatic rings. The SMILES string of the molecule is OC(Cn1cnnn1)C(F)(F)c1ccc(-c2ccc(OC(F)(F)F)cc2)cn1. The molecule has 1 N–H and O–H groups in total. The van der Waals surface area contributed by atoms with Gasteiger partial charge in [0.2, 0.25) is 0 Å². The van der Waals surface area contributed by atoms with E-state index in [1.807, 2.05) is 0 Å². The van der Waals surface area contributed by atoms with E-state index in [0.717, 1.165) is 35.4 Å². The van der Waals surface area contributed by atoms with Crippen LogP contribution in [0.5, 0.6) is 5.75 Å². The molecule has 1 unspecified atom stereocenters. The Kier molecular flexibility index (Phi) is 5.23. The highest BCUT2D eigenvalue weighted by Gasteiger charge is 2.42. The normalized spacial score (nSPS) is 13.4. The van der Waals surface area contributed by atoms with Crippen LogP contribution in [0.4, 0.5) is 22.0 Å². The van der Waals surface area contributed by atoms with Crippen LogP contribution in [0.25, 0.3) is 11.1 Å². The second kappa shape index (κ2) is 7.46. The number of alkyl halides is 5. The summed E-state index contributed by atoms with van der Waals surface area (Å²) in [5.41, 5.74) is 0.174. The molecule has 0 bridgehead atoms. The fraction of sp³-hybridized carbons (Fsp3) is 0.250. The van der Waals surface area contributed by atoms with Gasteiger partial charge in [-0.1, -0.05) is 18.2 Å². The predicted octanol–water partition coefficient (Wildman–Crippen LogP) is 2.79. The molecule has 2 heterocycles. The zero-order valence-electron chi connectivity index (χ0n) is 13.9. The number of tetrazole rings is 1. The first-order valence-corrected chi connectivity index (χ1v) is 7.74. The number of aliphatic hydroxyl groups is 1. The number of aromatic nitrogens is 5. The minimum atomic E-state index is -4.81. The van der Waals surface area contributed by atoms with Crippen LogP contribution in [0.3, 0.4) is 0 Å². The van der Waals surface area contributed by atoms with Crippen molar-refractivity contribution < 1.29 is 31.8 Å². The van der Waals surface area contributed by atoms with Gasteiger partial charge in [-0.2, -0.15) is 8.78 Å². The minimum absolute atomic E-state index is 0.396. The molecule has 12 heteroatoms. The van der Waals surface area contributed by atoms with Gasteiger partial charge in [0.05, 0.1) is 6.54 Å². The van der Waals surface area contributed by atoms with E-state index in [1.54, 1.807) is 0 Å². The van der Waals surface area contributed by atoms with E-state index in [4.69, 9.17) is 0 Å². The summed E-state index contributed by atoms with van der Waals surface area (Å²) in [4.78, 5) is 3.68. The van der Waals surface area contributed by atoms with Gasteiger partial charge < -0.3 is 9.84 Å². The van der Waals surface area contributed by atoms with Gasteiger partial charge in [0.15, 0.2) is 0 Å². The van der Waals surface area contributed by atoms with Gasteiger partial charge in [0, 0.05) is 11.8 Å². The highest BCUT2D eigenvalue weighted by atomic mass is 19.4. The lowest BCUT2D eigenvalue weighted by molar-refractivity contribution is -0.274. The fourth-order valence-electron chi connectivity index (χ4n) is 2.34. The van der Waals surface area contributed by atoms with Gasteiger partial charge in [-0.15, -0.1) is 18.3 Å². The minimum Gasteiger partial charge on any atom is -0.406 e. The van der Waals surface area contributed by atoms with Crippen LogP contribution in [0.1, 0.15) is 5.69 Å². The average Bonchev–Trinajstić information content (AvgIpc) is 3.14. The Balaban J connectivity index is 1.73. The molecule has 0 radical (unpaired) electrons. The van der Waals surface area contributed by atoms with Crippen LogP contribution in [0.15, 0.2) is 48.9 Å². The van der Waals surface area contributed by atoms with Crippen molar-refractivity contribution >= 4 is 0 Å². The van der Waals surface area contributed by atoms with Crippen LogP contribution in [0.2, 0.25) is 0 Å². The van der Waals surface area contributed by atoms with E-state index >= 15 is 0 Å². The number of halogens is 5. The molecule has 1 aromatic carbocycles. The van der Waals surface area contributed by atoms with Crippen molar-refractivity contribution in [3.05, 3.63) is 54.6 Å². The Hall–Kier alpha value is -3.15. The standard InChI is InChI=1S/C16H12F5N5O2/c17-15(18,14(27)8-26-9-23-24-25-26)13-6-3-11(7-22-13)10-1-4-12(5-2-10)28-16(19,20)21/h1-7,9,14,27H,8H2. The highest BCUT2D eigenvalue weighted by Crippen LogP contribution is 2.32. The topological polar surface area (TPSA) is 86.0 Å². The molecule has 1 atom stereocenters. The highest BCUT2D eigenvalue weighted by molar-refractivity contribution is 5.63. The summed E-state index contributed by atoms with van der Waals surface area (Å²) in [5, 5.41) is 19.8. The molecule has 0 amide bonds. The lowest BCUT2D eigenvalue weighted by Gasteiger charge is -2.21. The molecule has 3 aromatic rings. The summed E-state index contributed by atoms with van der Waals surface area (Å²) in [6.07, 6.45) is -4.71. The van der Waals surface area contributed by atoms with E-state index < -0.39 is 36.4 Å². The van der Waals surface area contributed by atoms with Crippen molar-refractivity contribution in [1.29, 1.82) is 0 Å². The van der Waals surface area contributed by atoms with E-state index in [1.165, 1.54) is 18.2 Å². The number of aliphatic hydroxyl groups excluding tert-OH is 1. The van der Waals surface area contributed by atoms with Crippen molar-refractivity contribution in [3.63, 3.8) is 0 Å². The zero-order chi connectivity index (χ0) is 20.4. The molecule has 0 saturated heterocycles. The Bertz CT molecular complexity index is 899. The number of hydrogen-bond acceptors (Lipinski definition) is 6. The molecule has 0 aliphatic heterocycles. The molecule has 148 valence electrons. The maximum atomic E-state index is 14.4. The first kappa shape index (κ1) is 19.6. The summed E-state index contributed by atoms with van der Waals surface area (Å²) in [6, 6.07) is 7.21. The maximum absolute atomic E-state index is 14.4. The second-order valence-electron chi connectivity index (χ2n) is 5.67. The quantitative estimate of drug-likeness (QED) is 0.640. The summed E-state index contributed by atoms with van der Waals surface area (Å²) < 4.78 is 70.0. The van der Waals surface area contributed by atoms with E-state index in [9.17, 15) is 27.1 Å². The molecule has 0 saturated carbocycles. The molecular formula is C16H12F5N5O2. The number of rotatable bonds is 6. The lowest BCUT2D eigenvalue weighted by atomic mass is 10.0. The Morgan fingerprint density at radius 3 is 2.21 bits per heavy atom. The number of nitrogens with zero attached hydrogens (tertiary/aromatic N) is 5. The number of ether oxygens (including phenoxy) is 1. The third-order valence-electron chi connectivity index (χ3n) is 3.70. The largest absolute Gasteiger partial charge is 0.573 e. The van der Waals surface area contributed by atoms with Crippen LogP contribution < -0.4 is 4.74 Å². The molecule has 0 fully saturated rings. The van der Waals surface area contributed by atoms with Gasteiger partial charge in [-0.3, -0.25) is 4.98 Å². The molecule has 7 nitrogen and oxygen atoms in total. The van der Waals surface area contributed by atoms with Crippen molar-refractivity contribution in [1.82, 2.24) is 25.2 Å². The monoisotopic (exact) mass is 401 g/mol. The lowest BCUT2D eigenvalue weighted by Crippen LogP contribution is -2.35. The first-order chi connectivity index (χ1) is 13.1. The first-order valence-electron chi connectivity index (χ1n) is 7.74. The zero-order valence-corrected chi connectivity index (χ0v) is 13.9. The molecule has 2 aromatic heterocycles. The Morgan fingerprint density at radius 1 is 1.00 bits per heavy atom. The van der Waals surface area contributed by atoms with Crippen molar-refractivity contribution in [2.75, 3.05) is 0 Å². The third kappa shape index (κ3) is 4.57. The molecular weight excluding hydrogens is 389 g/mol. The fourth-order valence-corrected chi connectivity index (χ4v) is 2.34. The molecule has 3 rings (SSSR count). The van der Waals surface area contributed by atoms with Crippen LogP contribution >= 0.6 is 0 Å². The van der Waals surface area contributed by atoms with E-state index in [2.05, 4.69) is 25.2 Å². The van der Waals surface area contributed by atoms with Gasteiger partial charge in [-0.05, 0) is 34.2 Å². The summed E-state index contributed by atoms with van der Waals surface area (Å²) in [6.45, 7) is -0.538. The summed E-state index contributed by atoms with van der Waals surface area (Å²) in [5.74, 6) is -4.08. The van der Waals surface area contributed by atoms with Crippen LogP contribution in [0, 0.1) is 0 Å². The molecule has 28 heavy (non-hydrogen) atoms. The van der Waals surface area contributed by atoms with Crippen molar-refractivity contribution in [3.8, 4) is 16.9 Å². The van der Waals surface area contributed by atoms with E-state index in [0.29, 0.717) is 11.1 Å². The summed E-state index contributed by atoms with van der Waals surface area (Å²) >= 11 is 0. The summed E-state index contributed by atoms with van der Waals surface area (Å²) in [7, 11) is 0.